The first-order valence-corrected chi connectivity index (χ1v) is 18.3. The lowest BCUT2D eigenvalue weighted by Gasteiger charge is -2.29. The number of likely N-dealkylation sites (tertiary alicyclic amines) is 1. The van der Waals surface area contributed by atoms with Gasteiger partial charge in [-0.1, -0.05) is 36.4 Å². The molecule has 3 aromatic carbocycles. The van der Waals surface area contributed by atoms with Crippen LogP contribution in [-0.4, -0.2) is 81.5 Å². The Morgan fingerprint density at radius 1 is 0.745 bits per heavy atom. The van der Waals surface area contributed by atoms with E-state index < -0.39 is 10.0 Å². The van der Waals surface area contributed by atoms with Crippen LogP contribution in [0.3, 0.4) is 0 Å². The van der Waals surface area contributed by atoms with Gasteiger partial charge in [0.05, 0.1) is 16.3 Å². The van der Waals surface area contributed by atoms with E-state index in [1.165, 1.54) is 4.31 Å². The predicted molar refractivity (Wildman–Crippen MR) is 198 cm³/mol. The predicted octanol–water partition coefficient (Wildman–Crippen LogP) is 5.44. The molecule has 6 N–H and O–H groups in total. The highest BCUT2D eigenvalue weighted by Crippen LogP contribution is 2.41. The average molecular weight is 705 g/mol. The van der Waals surface area contributed by atoms with Gasteiger partial charge in [0.25, 0.3) is 0 Å². The highest BCUT2D eigenvalue weighted by molar-refractivity contribution is 7.89. The van der Waals surface area contributed by atoms with Crippen molar-refractivity contribution < 1.29 is 18.6 Å². The normalized spacial score (nSPS) is 16.2. The number of para-hydroxylation sites is 2. The van der Waals surface area contributed by atoms with Gasteiger partial charge in [-0.2, -0.15) is 4.31 Å². The zero-order valence-corrected chi connectivity index (χ0v) is 29.3. The second-order valence-corrected chi connectivity index (χ2v) is 15.2. The van der Waals surface area contributed by atoms with E-state index in [9.17, 15) is 18.6 Å². The summed E-state index contributed by atoms with van der Waals surface area (Å²) in [6.07, 6.45) is 4.16. The number of aromatic hydroxyl groups is 2. The van der Waals surface area contributed by atoms with Gasteiger partial charge in [0.1, 0.15) is 17.3 Å². The molecule has 7 rings (SSSR count). The Bertz CT molecular complexity index is 2270. The SMILES string of the molecule is Cc1ccc(S(=O)(=O)N2CC=C(c3cc(-c4ccccc4O)nnc3N)CC2)cc1-c1cccc(-c2cc(C3CCN(C)CC3)c(N)nn2)c1O. The Hall–Kier alpha value is -5.37. The number of benzene rings is 3. The number of hydrogen-bond donors (Lipinski definition) is 4. The fourth-order valence-corrected chi connectivity index (χ4v) is 8.36. The fourth-order valence-electron chi connectivity index (χ4n) is 6.96. The molecule has 262 valence electrons. The minimum Gasteiger partial charge on any atom is -0.507 e. The standard InChI is InChI=1S/C38H40N8O4S/c1-23-10-11-26(51(49,50)46-18-14-25(15-19-46)31-21-33(41-43-37(31)39)28-6-3-4-9-35(28)47)20-30(23)27-7-5-8-29(36(27)48)34-22-32(38(40)44-42-34)24-12-16-45(2)17-13-24/h3-11,14,20-22,24,47-48H,12-13,15-19H2,1-2H3,(H2,39,43)(H2,40,44). The van der Waals surface area contributed by atoms with Gasteiger partial charge in [-0.05, 0) is 111 Å². The Kier molecular flexibility index (Phi) is 9.19. The van der Waals surface area contributed by atoms with Crippen molar-refractivity contribution in [3.05, 3.63) is 95.6 Å². The summed E-state index contributed by atoms with van der Waals surface area (Å²) in [4.78, 5) is 2.41. The minimum atomic E-state index is -3.91. The van der Waals surface area contributed by atoms with Crippen LogP contribution in [-0.2, 0) is 10.0 Å². The smallest absolute Gasteiger partial charge is 0.243 e. The number of nitrogen functional groups attached to an aromatic ring is 2. The van der Waals surface area contributed by atoms with Crippen molar-refractivity contribution in [2.24, 2.45) is 0 Å². The number of aromatic nitrogens is 4. The first-order chi connectivity index (χ1) is 24.5. The van der Waals surface area contributed by atoms with Crippen LogP contribution in [0.1, 0.15) is 41.9 Å². The van der Waals surface area contributed by atoms with Crippen molar-refractivity contribution in [1.82, 2.24) is 29.6 Å². The van der Waals surface area contributed by atoms with Crippen molar-refractivity contribution in [3.63, 3.8) is 0 Å². The van der Waals surface area contributed by atoms with E-state index in [1.54, 1.807) is 60.7 Å². The second-order valence-electron chi connectivity index (χ2n) is 13.2. The van der Waals surface area contributed by atoms with Crippen molar-refractivity contribution in [2.75, 3.05) is 44.7 Å². The number of sulfonamides is 1. The van der Waals surface area contributed by atoms with Crippen LogP contribution in [0.25, 0.3) is 39.2 Å². The lowest BCUT2D eigenvalue weighted by atomic mass is 9.89. The fraction of sp³-hybridized carbons (Fsp3) is 0.263. The number of hydrogen-bond acceptors (Lipinski definition) is 11. The lowest BCUT2D eigenvalue weighted by Crippen LogP contribution is -2.34. The van der Waals surface area contributed by atoms with Gasteiger partial charge >= 0.3 is 0 Å². The molecule has 2 aromatic heterocycles. The maximum absolute atomic E-state index is 14.0. The van der Waals surface area contributed by atoms with Gasteiger partial charge in [0.15, 0.2) is 5.82 Å². The molecule has 0 unspecified atom stereocenters. The quantitative estimate of drug-likeness (QED) is 0.169. The van der Waals surface area contributed by atoms with Crippen LogP contribution in [0, 0.1) is 6.92 Å². The summed E-state index contributed by atoms with van der Waals surface area (Å²) in [5, 5.41) is 38.8. The largest absolute Gasteiger partial charge is 0.507 e. The van der Waals surface area contributed by atoms with Crippen LogP contribution >= 0.6 is 0 Å². The Labute approximate surface area is 297 Å². The van der Waals surface area contributed by atoms with E-state index in [4.69, 9.17) is 11.5 Å². The van der Waals surface area contributed by atoms with E-state index in [2.05, 4.69) is 32.3 Å². The molecule has 4 heterocycles. The molecule has 0 spiro atoms. The third-order valence-corrected chi connectivity index (χ3v) is 11.8. The number of nitrogens with zero attached hydrogens (tertiary/aromatic N) is 6. The molecule has 0 radical (unpaired) electrons. The molecule has 0 bridgehead atoms. The summed E-state index contributed by atoms with van der Waals surface area (Å²) < 4.78 is 29.4. The average Bonchev–Trinajstić information content (AvgIpc) is 3.13. The van der Waals surface area contributed by atoms with Crippen molar-refractivity contribution in [1.29, 1.82) is 0 Å². The minimum absolute atomic E-state index is 0.0131. The second kappa shape index (κ2) is 13.7. The maximum atomic E-state index is 14.0. The highest BCUT2D eigenvalue weighted by Gasteiger charge is 2.29. The van der Waals surface area contributed by atoms with Gasteiger partial charge in [-0.3, -0.25) is 0 Å². The van der Waals surface area contributed by atoms with Crippen LogP contribution in [0.15, 0.2) is 83.8 Å². The van der Waals surface area contributed by atoms with Gasteiger partial charge in [-0.15, -0.1) is 20.4 Å². The van der Waals surface area contributed by atoms with Crippen molar-refractivity contribution in [3.8, 4) is 45.1 Å². The molecular formula is C38H40N8O4S. The molecular weight excluding hydrogens is 665 g/mol. The highest BCUT2D eigenvalue weighted by atomic mass is 32.2. The molecule has 13 heteroatoms. The first-order valence-electron chi connectivity index (χ1n) is 16.9. The zero-order chi connectivity index (χ0) is 35.9. The Morgan fingerprint density at radius 2 is 1.43 bits per heavy atom. The maximum Gasteiger partial charge on any atom is 0.243 e. The molecule has 0 amide bonds. The summed E-state index contributed by atoms with van der Waals surface area (Å²) in [6.45, 7) is 4.17. The van der Waals surface area contributed by atoms with E-state index >= 15 is 0 Å². The van der Waals surface area contributed by atoms with Crippen LogP contribution in [0.5, 0.6) is 11.5 Å². The molecule has 0 saturated carbocycles. The van der Waals surface area contributed by atoms with Crippen molar-refractivity contribution >= 4 is 27.2 Å². The van der Waals surface area contributed by atoms with Gasteiger partial charge in [0.2, 0.25) is 10.0 Å². The first kappa shape index (κ1) is 34.1. The number of anilines is 2. The number of phenolic OH excluding ortho intramolecular Hbond substituents is 2. The van der Waals surface area contributed by atoms with E-state index in [1.807, 2.05) is 25.1 Å². The molecule has 0 atom stereocenters. The number of nitrogens with two attached hydrogens (primary N) is 2. The van der Waals surface area contributed by atoms with Crippen LogP contribution in [0.2, 0.25) is 0 Å². The zero-order valence-electron chi connectivity index (χ0n) is 28.5. The van der Waals surface area contributed by atoms with Crippen LogP contribution in [0.4, 0.5) is 11.6 Å². The monoisotopic (exact) mass is 704 g/mol. The molecule has 2 aliphatic heterocycles. The van der Waals surface area contributed by atoms with Gasteiger partial charge in [-0.25, -0.2) is 8.42 Å². The summed E-state index contributed by atoms with van der Waals surface area (Å²) >= 11 is 0. The number of rotatable bonds is 7. The third kappa shape index (κ3) is 6.63. The summed E-state index contributed by atoms with van der Waals surface area (Å²) in [5.74, 6) is 0.942. The molecule has 1 saturated heterocycles. The molecule has 5 aromatic rings. The molecule has 12 nitrogen and oxygen atoms in total. The summed E-state index contributed by atoms with van der Waals surface area (Å²) in [5.41, 5.74) is 18.8. The lowest BCUT2D eigenvalue weighted by molar-refractivity contribution is 0.255. The van der Waals surface area contributed by atoms with E-state index in [-0.39, 0.29) is 41.2 Å². The Balaban J connectivity index is 1.16. The summed E-state index contributed by atoms with van der Waals surface area (Å²) in [7, 11) is -1.80. The van der Waals surface area contributed by atoms with E-state index in [0.29, 0.717) is 51.4 Å². The van der Waals surface area contributed by atoms with E-state index in [0.717, 1.165) is 42.6 Å². The molecule has 0 aliphatic carbocycles. The van der Waals surface area contributed by atoms with Crippen molar-refractivity contribution in [2.45, 2.75) is 37.0 Å². The molecule has 2 aliphatic rings. The number of piperidine rings is 1. The van der Waals surface area contributed by atoms with Gasteiger partial charge < -0.3 is 26.6 Å². The van der Waals surface area contributed by atoms with Gasteiger partial charge in [0, 0.05) is 40.9 Å². The number of phenols is 2. The summed E-state index contributed by atoms with van der Waals surface area (Å²) in [6, 6.07) is 20.9. The Morgan fingerprint density at radius 3 is 2.16 bits per heavy atom. The number of aryl methyl sites for hydroxylation is 1. The van der Waals surface area contributed by atoms with Crippen LogP contribution < -0.4 is 11.5 Å². The molecule has 51 heavy (non-hydrogen) atoms. The molecule has 1 fully saturated rings. The topological polar surface area (TPSA) is 185 Å². The third-order valence-electron chi connectivity index (χ3n) is 9.98.